The van der Waals surface area contributed by atoms with Gasteiger partial charge in [0.25, 0.3) is 0 Å². The van der Waals surface area contributed by atoms with Crippen molar-refractivity contribution in [3.63, 3.8) is 0 Å². The van der Waals surface area contributed by atoms with Gasteiger partial charge in [0.1, 0.15) is 29.5 Å². The molecule has 3 aromatic rings. The fraction of sp³-hybridized carbons (Fsp3) is 0.333. The molecule has 0 radical (unpaired) electrons. The number of nitriles is 1. The van der Waals surface area contributed by atoms with E-state index < -0.39 is 0 Å². The number of rotatable bonds is 8. The quantitative estimate of drug-likeness (QED) is 0.504. The molecule has 0 N–H and O–H groups in total. The maximum absolute atomic E-state index is 11.2. The van der Waals surface area contributed by atoms with Gasteiger partial charge in [-0.3, -0.25) is 0 Å². The number of carbonyl (C=O) groups is 1. The minimum absolute atomic E-state index is 0.0798. The molecule has 0 bridgehead atoms. The maximum Gasteiger partial charge on any atom is 0.137 e. The number of hydrogen-bond acceptors (Lipinski definition) is 6. The molecular weight excluding hydrogens is 414 g/mol. The highest BCUT2D eigenvalue weighted by atomic mass is 16.5. The average Bonchev–Trinajstić information content (AvgIpc) is 2.84. The number of aryl methyl sites for hydroxylation is 1. The fourth-order valence-corrected chi connectivity index (χ4v) is 3.82. The van der Waals surface area contributed by atoms with E-state index in [1.54, 1.807) is 13.1 Å². The minimum Gasteiger partial charge on any atom is -0.489 e. The van der Waals surface area contributed by atoms with Gasteiger partial charge in [-0.2, -0.15) is 5.26 Å². The number of Topliss-reactive ketones (excluding diaryl/α,β-unsaturated/α-hetero) is 1. The van der Waals surface area contributed by atoms with E-state index in [1.165, 1.54) is 0 Å². The zero-order valence-corrected chi connectivity index (χ0v) is 18.8. The van der Waals surface area contributed by atoms with Gasteiger partial charge in [-0.25, -0.2) is 9.97 Å². The third-order valence-electron chi connectivity index (χ3n) is 5.71. The standard InChI is InChI=1S/C27H27N3O3/c1-19(31)2-3-20-4-6-21(7-5-20)16-27-29-13-10-25(30-27)22-8-9-26(23(17-22)18-28)33-24-11-14-32-15-12-24/h4-10,13,17,24H,2-3,11-12,14-16H2,1H3. The molecule has 0 saturated carbocycles. The molecule has 6 nitrogen and oxygen atoms in total. The van der Waals surface area contributed by atoms with E-state index in [1.807, 2.05) is 24.3 Å². The Labute approximate surface area is 194 Å². The highest BCUT2D eigenvalue weighted by Gasteiger charge is 2.17. The Hall–Kier alpha value is -3.56. The van der Waals surface area contributed by atoms with Crippen molar-refractivity contribution in [2.45, 2.75) is 45.1 Å². The molecule has 0 spiro atoms. The SMILES string of the molecule is CC(=O)CCc1ccc(Cc2nccc(-c3ccc(OC4CCOCC4)c(C#N)c3)n2)cc1. The summed E-state index contributed by atoms with van der Waals surface area (Å²) in [5.41, 5.74) is 4.38. The first-order chi connectivity index (χ1) is 16.1. The number of hydrogen-bond donors (Lipinski definition) is 0. The van der Waals surface area contributed by atoms with Gasteiger partial charge in [0.15, 0.2) is 0 Å². The van der Waals surface area contributed by atoms with Crippen molar-refractivity contribution in [2.24, 2.45) is 0 Å². The van der Waals surface area contributed by atoms with Crippen molar-refractivity contribution in [2.75, 3.05) is 13.2 Å². The predicted octanol–water partition coefficient (Wildman–Crippen LogP) is 4.69. The summed E-state index contributed by atoms with van der Waals surface area (Å²) < 4.78 is 11.4. The fourth-order valence-electron chi connectivity index (χ4n) is 3.82. The summed E-state index contributed by atoms with van der Waals surface area (Å²) in [5, 5.41) is 9.65. The van der Waals surface area contributed by atoms with E-state index in [4.69, 9.17) is 14.5 Å². The smallest absolute Gasteiger partial charge is 0.137 e. The third kappa shape index (κ3) is 6.24. The molecule has 33 heavy (non-hydrogen) atoms. The zero-order valence-electron chi connectivity index (χ0n) is 18.8. The van der Waals surface area contributed by atoms with Crippen LogP contribution >= 0.6 is 0 Å². The monoisotopic (exact) mass is 441 g/mol. The van der Waals surface area contributed by atoms with Crippen molar-refractivity contribution in [1.29, 1.82) is 5.26 Å². The lowest BCUT2D eigenvalue weighted by atomic mass is 10.0. The van der Waals surface area contributed by atoms with E-state index >= 15 is 0 Å². The second-order valence-electron chi connectivity index (χ2n) is 8.31. The molecule has 2 heterocycles. The third-order valence-corrected chi connectivity index (χ3v) is 5.71. The van der Waals surface area contributed by atoms with Crippen LogP contribution < -0.4 is 4.74 Å². The number of aromatic nitrogens is 2. The molecular formula is C27H27N3O3. The first-order valence-electron chi connectivity index (χ1n) is 11.3. The minimum atomic E-state index is 0.0798. The zero-order chi connectivity index (χ0) is 23.0. The molecule has 0 unspecified atom stereocenters. The Balaban J connectivity index is 1.47. The first-order valence-corrected chi connectivity index (χ1v) is 11.3. The number of carbonyl (C=O) groups excluding carboxylic acids is 1. The summed E-state index contributed by atoms with van der Waals surface area (Å²) >= 11 is 0. The normalized spacial score (nSPS) is 13.9. The summed E-state index contributed by atoms with van der Waals surface area (Å²) in [5.74, 6) is 1.52. The van der Waals surface area contributed by atoms with Crippen LogP contribution in [0.2, 0.25) is 0 Å². The average molecular weight is 442 g/mol. The summed E-state index contributed by atoms with van der Waals surface area (Å²) in [6.45, 7) is 3.00. The molecule has 1 aliphatic heterocycles. The van der Waals surface area contributed by atoms with Gasteiger partial charge >= 0.3 is 0 Å². The number of nitrogens with zero attached hydrogens (tertiary/aromatic N) is 3. The van der Waals surface area contributed by atoms with Crippen molar-refractivity contribution < 1.29 is 14.3 Å². The molecule has 1 fully saturated rings. The summed E-state index contributed by atoms with van der Waals surface area (Å²) in [6, 6.07) is 17.9. The van der Waals surface area contributed by atoms with Gasteiger partial charge in [-0.1, -0.05) is 24.3 Å². The maximum atomic E-state index is 11.2. The van der Waals surface area contributed by atoms with Crippen molar-refractivity contribution >= 4 is 5.78 Å². The second kappa shape index (κ2) is 10.8. The molecule has 2 aromatic carbocycles. The van der Waals surface area contributed by atoms with Crippen LogP contribution in [0.5, 0.6) is 5.75 Å². The highest BCUT2D eigenvalue weighted by molar-refractivity contribution is 5.75. The van der Waals surface area contributed by atoms with Crippen LogP contribution in [0.15, 0.2) is 54.7 Å². The van der Waals surface area contributed by atoms with E-state index in [0.29, 0.717) is 43.2 Å². The van der Waals surface area contributed by atoms with Gasteiger partial charge < -0.3 is 14.3 Å². The highest BCUT2D eigenvalue weighted by Crippen LogP contribution is 2.27. The lowest BCUT2D eigenvalue weighted by Crippen LogP contribution is -2.26. The van der Waals surface area contributed by atoms with Crippen LogP contribution in [0.1, 0.15) is 48.7 Å². The number of benzene rings is 2. The van der Waals surface area contributed by atoms with Crippen LogP contribution in [0.4, 0.5) is 0 Å². The molecule has 0 atom stereocenters. The van der Waals surface area contributed by atoms with Gasteiger partial charge in [0.05, 0.1) is 24.5 Å². The summed E-state index contributed by atoms with van der Waals surface area (Å²) in [6.07, 6.45) is 5.43. The Morgan fingerprint density at radius 1 is 1.12 bits per heavy atom. The molecule has 168 valence electrons. The van der Waals surface area contributed by atoms with Crippen LogP contribution in [0, 0.1) is 11.3 Å². The summed E-state index contributed by atoms with van der Waals surface area (Å²) in [7, 11) is 0. The lowest BCUT2D eigenvalue weighted by molar-refractivity contribution is -0.116. The molecule has 0 aliphatic carbocycles. The largest absolute Gasteiger partial charge is 0.489 e. The van der Waals surface area contributed by atoms with Crippen LogP contribution in [-0.2, 0) is 22.4 Å². The Bertz CT molecular complexity index is 1150. The van der Waals surface area contributed by atoms with Crippen LogP contribution in [0.3, 0.4) is 0 Å². The number of ether oxygens (including phenoxy) is 2. The van der Waals surface area contributed by atoms with E-state index in [2.05, 4.69) is 35.3 Å². The first kappa shape index (κ1) is 22.6. The van der Waals surface area contributed by atoms with Crippen molar-refractivity contribution in [1.82, 2.24) is 9.97 Å². The Kier molecular flexibility index (Phi) is 7.43. The van der Waals surface area contributed by atoms with Gasteiger partial charge in [0.2, 0.25) is 0 Å². The van der Waals surface area contributed by atoms with Gasteiger partial charge in [-0.15, -0.1) is 0 Å². The Morgan fingerprint density at radius 3 is 2.61 bits per heavy atom. The molecule has 1 aromatic heterocycles. The lowest BCUT2D eigenvalue weighted by Gasteiger charge is -2.23. The second-order valence-corrected chi connectivity index (χ2v) is 8.31. The van der Waals surface area contributed by atoms with E-state index in [-0.39, 0.29) is 11.9 Å². The van der Waals surface area contributed by atoms with Crippen LogP contribution in [-0.4, -0.2) is 35.1 Å². The topological polar surface area (TPSA) is 85.1 Å². The van der Waals surface area contributed by atoms with Crippen LogP contribution in [0.25, 0.3) is 11.3 Å². The summed E-state index contributed by atoms with van der Waals surface area (Å²) in [4.78, 5) is 20.3. The molecule has 1 aliphatic rings. The Morgan fingerprint density at radius 2 is 1.88 bits per heavy atom. The number of ketones is 1. The predicted molar refractivity (Wildman–Crippen MR) is 125 cm³/mol. The van der Waals surface area contributed by atoms with Gasteiger partial charge in [-0.05, 0) is 48.7 Å². The van der Waals surface area contributed by atoms with Crippen molar-refractivity contribution in [3.05, 3.63) is 77.2 Å². The van der Waals surface area contributed by atoms with E-state index in [9.17, 15) is 10.1 Å². The molecule has 4 rings (SSSR count). The molecule has 6 heteroatoms. The van der Waals surface area contributed by atoms with Gasteiger partial charge in [0, 0.05) is 37.4 Å². The molecule has 1 saturated heterocycles. The molecule has 0 amide bonds. The van der Waals surface area contributed by atoms with E-state index in [0.717, 1.165) is 41.6 Å². The van der Waals surface area contributed by atoms with Crippen molar-refractivity contribution in [3.8, 4) is 23.1 Å².